The maximum absolute atomic E-state index is 12.0. The van der Waals surface area contributed by atoms with Gasteiger partial charge in [0.15, 0.2) is 0 Å². The quantitative estimate of drug-likeness (QED) is 0.383. The van der Waals surface area contributed by atoms with Crippen LogP contribution in [0.25, 0.3) is 10.9 Å². The average Bonchev–Trinajstić information content (AvgIpc) is 3.64. The van der Waals surface area contributed by atoms with Crippen molar-refractivity contribution in [3.8, 4) is 0 Å². The molecule has 1 amide bonds. The van der Waals surface area contributed by atoms with Crippen LogP contribution < -0.4 is 5.32 Å². The lowest BCUT2D eigenvalue weighted by atomic mass is 10.1. The van der Waals surface area contributed by atoms with E-state index < -0.39 is 24.3 Å². The molecule has 2 aliphatic rings. The number of carbonyl (C=O) groups is 3. The highest BCUT2D eigenvalue weighted by Crippen LogP contribution is 2.29. The van der Waals surface area contributed by atoms with Crippen molar-refractivity contribution in [3.63, 3.8) is 0 Å². The molecule has 0 saturated heterocycles. The normalized spacial score (nSPS) is 16.9. The third kappa shape index (κ3) is 9.44. The van der Waals surface area contributed by atoms with Gasteiger partial charge in [-0.2, -0.15) is 26.3 Å². The van der Waals surface area contributed by atoms with Crippen LogP contribution in [0, 0.1) is 5.92 Å². The van der Waals surface area contributed by atoms with E-state index >= 15 is 0 Å². The molecule has 5 rings (SSSR count). The zero-order valence-corrected chi connectivity index (χ0v) is 21.2. The Morgan fingerprint density at radius 2 is 1.56 bits per heavy atom. The first-order chi connectivity index (χ1) is 19.1. The summed E-state index contributed by atoms with van der Waals surface area (Å²) >= 11 is 0. The molecule has 1 fully saturated rings. The van der Waals surface area contributed by atoms with E-state index in [9.17, 15) is 31.1 Å². The Morgan fingerprint density at radius 1 is 0.951 bits per heavy atom. The third-order valence-electron chi connectivity index (χ3n) is 5.98. The van der Waals surface area contributed by atoms with Gasteiger partial charge in [0.1, 0.15) is 0 Å². The number of carboxylic acids is 2. The summed E-state index contributed by atoms with van der Waals surface area (Å²) in [4.78, 5) is 41.3. The number of hydrogen-bond acceptors (Lipinski definition) is 6. The third-order valence-corrected chi connectivity index (χ3v) is 5.98. The average molecular weight is 589 g/mol. The van der Waals surface area contributed by atoms with Gasteiger partial charge in [-0.05, 0) is 25.0 Å². The summed E-state index contributed by atoms with van der Waals surface area (Å²) in [5.41, 5.74) is 3.29. The van der Waals surface area contributed by atoms with E-state index in [0.717, 1.165) is 43.7 Å². The van der Waals surface area contributed by atoms with Crippen molar-refractivity contribution in [2.75, 3.05) is 13.1 Å². The second kappa shape index (κ2) is 13.0. The molecule has 10 nitrogen and oxygen atoms in total. The highest BCUT2D eigenvalue weighted by Gasteiger charge is 2.39. The van der Waals surface area contributed by atoms with Crippen LogP contribution in [0.4, 0.5) is 26.3 Å². The van der Waals surface area contributed by atoms with Crippen LogP contribution in [-0.4, -0.2) is 72.9 Å². The van der Waals surface area contributed by atoms with Crippen molar-refractivity contribution in [1.29, 1.82) is 0 Å². The predicted molar refractivity (Wildman–Crippen MR) is 130 cm³/mol. The number of imidazole rings is 1. The molecule has 0 bridgehead atoms. The van der Waals surface area contributed by atoms with Crippen LogP contribution >= 0.6 is 0 Å². The number of fused-ring (bicyclic) bond motifs is 2. The number of halogens is 6. The zero-order valence-electron chi connectivity index (χ0n) is 21.2. The van der Waals surface area contributed by atoms with Crippen LogP contribution in [0.3, 0.4) is 0 Å². The minimum absolute atomic E-state index is 0.199. The van der Waals surface area contributed by atoms with Crippen LogP contribution in [-0.2, 0) is 27.5 Å². The van der Waals surface area contributed by atoms with Gasteiger partial charge in [0.2, 0.25) is 5.91 Å². The molecule has 1 aromatic carbocycles. The summed E-state index contributed by atoms with van der Waals surface area (Å²) in [6.07, 6.45) is -4.29. The summed E-state index contributed by atoms with van der Waals surface area (Å²) in [7, 11) is 0. The monoisotopic (exact) mass is 589 g/mol. The maximum Gasteiger partial charge on any atom is 0.490 e. The number of nitrogens with zero attached hydrogens (tertiary/aromatic N) is 4. The number of hydrogen-bond donors (Lipinski definition) is 3. The Hall–Kier alpha value is -4.21. The second-order valence-electron chi connectivity index (χ2n) is 9.24. The van der Waals surface area contributed by atoms with Crippen molar-refractivity contribution < 1.29 is 50.9 Å². The van der Waals surface area contributed by atoms with Gasteiger partial charge < -0.3 is 20.1 Å². The largest absolute Gasteiger partial charge is 0.490 e. The first-order valence-corrected chi connectivity index (χ1v) is 12.1. The number of amides is 1. The first kappa shape index (κ1) is 31.3. The van der Waals surface area contributed by atoms with Crippen molar-refractivity contribution in [1.82, 2.24) is 24.8 Å². The van der Waals surface area contributed by atoms with Crippen LogP contribution in [0.5, 0.6) is 0 Å². The van der Waals surface area contributed by atoms with Crippen molar-refractivity contribution in [2.45, 2.75) is 44.3 Å². The van der Waals surface area contributed by atoms with Gasteiger partial charge in [-0.3, -0.25) is 14.7 Å². The Morgan fingerprint density at radius 3 is 2.15 bits per heavy atom. The fourth-order valence-electron chi connectivity index (χ4n) is 3.88. The molecule has 222 valence electrons. The number of carbonyl (C=O) groups excluding carboxylic acids is 1. The van der Waals surface area contributed by atoms with E-state index in [4.69, 9.17) is 24.8 Å². The Labute approximate surface area is 228 Å². The molecule has 1 unspecified atom stereocenters. The molecule has 3 N–H and O–H groups in total. The number of alkyl halides is 6. The van der Waals surface area contributed by atoms with Gasteiger partial charge in [0.05, 0.1) is 29.3 Å². The van der Waals surface area contributed by atoms with E-state index in [1.807, 2.05) is 24.7 Å². The van der Waals surface area contributed by atoms with Crippen molar-refractivity contribution in [2.24, 2.45) is 5.92 Å². The Bertz CT molecular complexity index is 1350. The number of benzene rings is 1. The van der Waals surface area contributed by atoms with Gasteiger partial charge in [-0.1, -0.05) is 24.3 Å². The minimum Gasteiger partial charge on any atom is -0.475 e. The lowest BCUT2D eigenvalue weighted by Crippen LogP contribution is -2.42. The zero-order chi connectivity index (χ0) is 30.4. The van der Waals surface area contributed by atoms with Gasteiger partial charge in [0.25, 0.3) is 0 Å². The molecule has 3 aromatic rings. The number of aromatic nitrogens is 3. The topological polar surface area (TPSA) is 138 Å². The Kier molecular flexibility index (Phi) is 9.91. The van der Waals surface area contributed by atoms with E-state index in [0.29, 0.717) is 6.54 Å². The molecule has 41 heavy (non-hydrogen) atoms. The molecule has 3 heterocycles. The van der Waals surface area contributed by atoms with E-state index in [-0.39, 0.29) is 17.9 Å². The molecular weight excluding hydrogens is 564 g/mol. The molecule has 16 heteroatoms. The number of pyridine rings is 1. The van der Waals surface area contributed by atoms with Gasteiger partial charge in [-0.15, -0.1) is 0 Å². The molecule has 0 radical (unpaired) electrons. The Balaban J connectivity index is 0.000000276. The standard InChI is InChI=1S/C21H23N5O.2C2HF3O2/c27-21(16-5-6-16)23-10-19-13-25(12-18-9-22-14-26(18)19)11-17-8-7-15-3-1-2-4-20(15)24-17;2*3-2(4,5)1(6)7/h1-4,7-9,14,16,19H,5-6,10-13H2,(H,23,27);2*(H,6,7). The highest BCUT2D eigenvalue weighted by atomic mass is 19.4. The fraction of sp³-hybridized carbons (Fsp3) is 0.400. The predicted octanol–water partition coefficient (Wildman–Crippen LogP) is 3.78. The lowest BCUT2D eigenvalue weighted by Gasteiger charge is -2.34. The number of rotatable bonds is 5. The maximum atomic E-state index is 12.0. The summed E-state index contributed by atoms with van der Waals surface area (Å²) in [5.74, 6) is -5.07. The van der Waals surface area contributed by atoms with Crippen molar-refractivity contribution >= 4 is 28.7 Å². The first-order valence-electron chi connectivity index (χ1n) is 12.1. The summed E-state index contributed by atoms with van der Waals surface area (Å²) < 4.78 is 65.7. The second-order valence-corrected chi connectivity index (χ2v) is 9.24. The molecule has 1 saturated carbocycles. The molecule has 1 atom stereocenters. The van der Waals surface area contributed by atoms with Crippen LogP contribution in [0.2, 0.25) is 0 Å². The SMILES string of the molecule is O=C(NCC1CN(Cc2ccc3ccccc3n2)Cc2cncn21)C1CC1.O=C(O)C(F)(F)F.O=C(O)C(F)(F)F. The number of carboxylic acid groups (broad SMARTS) is 2. The number of para-hydroxylation sites is 1. The minimum atomic E-state index is -5.08. The van der Waals surface area contributed by atoms with Crippen LogP contribution in [0.15, 0.2) is 48.9 Å². The summed E-state index contributed by atoms with van der Waals surface area (Å²) in [5, 5.41) is 18.5. The van der Waals surface area contributed by atoms with Crippen LogP contribution in [0.1, 0.15) is 30.3 Å². The molecule has 1 aliphatic carbocycles. The number of nitrogens with one attached hydrogen (secondary N) is 1. The molecular formula is C25H25F6N5O5. The fourth-order valence-corrected chi connectivity index (χ4v) is 3.88. The summed E-state index contributed by atoms with van der Waals surface area (Å²) in [6, 6.07) is 12.7. The van der Waals surface area contributed by atoms with Gasteiger partial charge in [-0.25, -0.2) is 14.6 Å². The van der Waals surface area contributed by atoms with E-state index in [1.165, 1.54) is 11.1 Å². The van der Waals surface area contributed by atoms with E-state index in [2.05, 4.69) is 44.0 Å². The van der Waals surface area contributed by atoms with Crippen molar-refractivity contribution in [3.05, 3.63) is 60.3 Å². The molecule has 1 aliphatic heterocycles. The van der Waals surface area contributed by atoms with Gasteiger partial charge in [0, 0.05) is 43.7 Å². The van der Waals surface area contributed by atoms with Gasteiger partial charge >= 0.3 is 24.3 Å². The smallest absolute Gasteiger partial charge is 0.475 e. The molecule has 2 aromatic heterocycles. The summed E-state index contributed by atoms with van der Waals surface area (Å²) in [6.45, 7) is 3.17. The highest BCUT2D eigenvalue weighted by molar-refractivity contribution is 5.80. The van der Waals surface area contributed by atoms with E-state index in [1.54, 1.807) is 0 Å². The molecule has 0 spiro atoms. The lowest BCUT2D eigenvalue weighted by molar-refractivity contribution is -0.193. The number of aliphatic carboxylic acids is 2.